The van der Waals surface area contributed by atoms with Crippen LogP contribution in [0.3, 0.4) is 0 Å². The van der Waals surface area contributed by atoms with Crippen LogP contribution in [0.1, 0.15) is 5.56 Å². The van der Waals surface area contributed by atoms with Gasteiger partial charge in [0, 0.05) is 12.6 Å². The van der Waals surface area contributed by atoms with E-state index in [9.17, 15) is 4.79 Å². The number of aromatic nitrogens is 1. The molecule has 0 aliphatic carbocycles. The second kappa shape index (κ2) is 7.18. The molecule has 2 amide bonds. The summed E-state index contributed by atoms with van der Waals surface area (Å²) in [5, 5.41) is 8.87. The maximum absolute atomic E-state index is 11.6. The number of carbonyl (C=O) groups is 1. The highest BCUT2D eigenvalue weighted by Crippen LogP contribution is 2.27. The molecular weight excluding hydrogens is 274 g/mol. The predicted molar refractivity (Wildman–Crippen MR) is 76.8 cm³/mol. The van der Waals surface area contributed by atoms with Gasteiger partial charge in [-0.3, -0.25) is 5.32 Å². The molecule has 7 heteroatoms. The first-order valence-corrected chi connectivity index (χ1v) is 6.39. The van der Waals surface area contributed by atoms with Gasteiger partial charge in [0.15, 0.2) is 17.3 Å². The predicted octanol–water partition coefficient (Wildman–Crippen LogP) is 2.06. The van der Waals surface area contributed by atoms with Crippen LogP contribution >= 0.6 is 0 Å². The van der Waals surface area contributed by atoms with Gasteiger partial charge in [0.1, 0.15) is 6.26 Å². The van der Waals surface area contributed by atoms with Gasteiger partial charge in [-0.25, -0.2) is 4.79 Å². The Balaban J connectivity index is 1.81. The number of nitrogens with one attached hydrogen (secondary N) is 2. The number of amides is 2. The third-order valence-electron chi connectivity index (χ3n) is 2.83. The highest BCUT2D eigenvalue weighted by molar-refractivity contribution is 5.87. The summed E-state index contributed by atoms with van der Waals surface area (Å²) in [4.78, 5) is 11.6. The molecule has 0 saturated heterocycles. The Morgan fingerprint density at radius 2 is 2.05 bits per heavy atom. The fourth-order valence-electron chi connectivity index (χ4n) is 1.79. The first-order chi connectivity index (χ1) is 10.2. The lowest BCUT2D eigenvalue weighted by atomic mass is 10.1. The summed E-state index contributed by atoms with van der Waals surface area (Å²) in [5.41, 5.74) is 1.04. The average molecular weight is 291 g/mol. The van der Waals surface area contributed by atoms with Crippen molar-refractivity contribution in [1.29, 1.82) is 0 Å². The van der Waals surface area contributed by atoms with E-state index in [1.165, 1.54) is 6.26 Å². The van der Waals surface area contributed by atoms with Crippen molar-refractivity contribution >= 4 is 11.8 Å². The van der Waals surface area contributed by atoms with Crippen LogP contribution in [0, 0.1) is 0 Å². The Morgan fingerprint density at radius 3 is 2.71 bits per heavy atom. The molecule has 0 unspecified atom stereocenters. The molecule has 1 heterocycles. The number of benzene rings is 1. The van der Waals surface area contributed by atoms with E-state index >= 15 is 0 Å². The molecule has 7 nitrogen and oxygen atoms in total. The van der Waals surface area contributed by atoms with Gasteiger partial charge in [-0.05, 0) is 24.1 Å². The number of carbonyl (C=O) groups excluding carboxylic acids is 1. The van der Waals surface area contributed by atoms with E-state index in [4.69, 9.17) is 9.47 Å². The number of methoxy groups -OCH3 is 2. The van der Waals surface area contributed by atoms with E-state index in [1.807, 2.05) is 18.2 Å². The van der Waals surface area contributed by atoms with Crippen LogP contribution in [-0.2, 0) is 6.42 Å². The lowest BCUT2D eigenvalue weighted by molar-refractivity contribution is 0.252. The monoisotopic (exact) mass is 291 g/mol. The number of nitrogens with zero attached hydrogens (tertiary/aromatic N) is 1. The number of ether oxygens (including phenoxy) is 2. The number of urea groups is 1. The van der Waals surface area contributed by atoms with E-state index in [-0.39, 0.29) is 6.03 Å². The molecule has 0 aliphatic heterocycles. The molecule has 2 N–H and O–H groups in total. The zero-order chi connectivity index (χ0) is 15.1. The van der Waals surface area contributed by atoms with Gasteiger partial charge in [0.2, 0.25) is 0 Å². The van der Waals surface area contributed by atoms with Crippen molar-refractivity contribution < 1.29 is 18.8 Å². The Bertz CT molecular complexity index is 584. The van der Waals surface area contributed by atoms with Gasteiger partial charge in [0.05, 0.1) is 14.2 Å². The Hall–Kier alpha value is -2.70. The lowest BCUT2D eigenvalue weighted by Gasteiger charge is -2.10. The van der Waals surface area contributed by atoms with Gasteiger partial charge in [-0.1, -0.05) is 11.2 Å². The van der Waals surface area contributed by atoms with Crippen molar-refractivity contribution in [3.8, 4) is 11.5 Å². The molecule has 0 spiro atoms. The second-order valence-electron chi connectivity index (χ2n) is 4.20. The van der Waals surface area contributed by atoms with Crippen LogP contribution in [0.4, 0.5) is 10.6 Å². The molecule has 0 radical (unpaired) electrons. The van der Waals surface area contributed by atoms with E-state index in [2.05, 4.69) is 20.3 Å². The smallest absolute Gasteiger partial charge is 0.320 e. The average Bonchev–Trinajstić information content (AvgIpc) is 2.99. The molecule has 0 bridgehead atoms. The van der Waals surface area contributed by atoms with Crippen LogP contribution in [0.5, 0.6) is 11.5 Å². The topological polar surface area (TPSA) is 85.6 Å². The standard InChI is InChI=1S/C14H17N3O4/c1-19-11-4-3-10(9-12(11)20-2)5-7-15-14(18)16-13-6-8-21-17-13/h3-4,6,8-9H,5,7H2,1-2H3,(H2,15,16,17,18). The summed E-state index contributed by atoms with van der Waals surface area (Å²) in [6, 6.07) is 6.89. The van der Waals surface area contributed by atoms with E-state index in [0.29, 0.717) is 30.3 Å². The molecule has 1 aromatic heterocycles. The van der Waals surface area contributed by atoms with Crippen LogP contribution in [0.15, 0.2) is 35.1 Å². The van der Waals surface area contributed by atoms with E-state index in [1.54, 1.807) is 20.3 Å². The molecule has 2 rings (SSSR count). The Kier molecular flexibility index (Phi) is 5.03. The zero-order valence-corrected chi connectivity index (χ0v) is 11.9. The van der Waals surface area contributed by atoms with Crippen molar-refractivity contribution in [2.24, 2.45) is 0 Å². The molecule has 0 aliphatic rings. The largest absolute Gasteiger partial charge is 0.493 e. The number of rotatable bonds is 6. The third kappa shape index (κ3) is 4.13. The molecule has 0 saturated carbocycles. The highest BCUT2D eigenvalue weighted by atomic mass is 16.5. The summed E-state index contributed by atoms with van der Waals surface area (Å²) in [7, 11) is 3.18. The van der Waals surface area contributed by atoms with Crippen molar-refractivity contribution in [1.82, 2.24) is 10.5 Å². The van der Waals surface area contributed by atoms with Crippen molar-refractivity contribution in [3.63, 3.8) is 0 Å². The summed E-state index contributed by atoms with van der Waals surface area (Å²) < 4.78 is 15.0. The van der Waals surface area contributed by atoms with Gasteiger partial charge in [0.25, 0.3) is 0 Å². The summed E-state index contributed by atoms with van der Waals surface area (Å²) in [6.07, 6.45) is 2.06. The summed E-state index contributed by atoms with van der Waals surface area (Å²) in [5.74, 6) is 1.72. The van der Waals surface area contributed by atoms with Crippen molar-refractivity contribution in [3.05, 3.63) is 36.1 Å². The number of hydrogen-bond donors (Lipinski definition) is 2. The first kappa shape index (κ1) is 14.7. The zero-order valence-electron chi connectivity index (χ0n) is 11.9. The van der Waals surface area contributed by atoms with Gasteiger partial charge in [-0.2, -0.15) is 0 Å². The molecule has 0 atom stereocenters. The number of hydrogen-bond acceptors (Lipinski definition) is 5. The highest BCUT2D eigenvalue weighted by Gasteiger charge is 2.06. The molecule has 21 heavy (non-hydrogen) atoms. The Labute approximate surface area is 122 Å². The summed E-state index contributed by atoms with van der Waals surface area (Å²) in [6.45, 7) is 0.485. The van der Waals surface area contributed by atoms with Crippen LogP contribution in [0.25, 0.3) is 0 Å². The third-order valence-corrected chi connectivity index (χ3v) is 2.83. The van der Waals surface area contributed by atoms with Crippen LogP contribution in [0.2, 0.25) is 0 Å². The van der Waals surface area contributed by atoms with Crippen molar-refractivity contribution in [2.75, 3.05) is 26.1 Å². The van der Waals surface area contributed by atoms with Gasteiger partial charge < -0.3 is 19.3 Å². The minimum absolute atomic E-state index is 0.329. The molecular formula is C14H17N3O4. The van der Waals surface area contributed by atoms with Gasteiger partial charge in [-0.15, -0.1) is 0 Å². The van der Waals surface area contributed by atoms with Crippen LogP contribution in [-0.4, -0.2) is 32.0 Å². The fraction of sp³-hybridized carbons (Fsp3) is 0.286. The second-order valence-corrected chi connectivity index (χ2v) is 4.20. The quantitative estimate of drug-likeness (QED) is 0.850. The SMILES string of the molecule is COc1ccc(CCNC(=O)Nc2ccon2)cc1OC. The minimum Gasteiger partial charge on any atom is -0.493 e. The molecule has 112 valence electrons. The molecule has 0 fully saturated rings. The molecule has 1 aromatic carbocycles. The fourth-order valence-corrected chi connectivity index (χ4v) is 1.79. The molecule has 2 aromatic rings. The lowest BCUT2D eigenvalue weighted by Crippen LogP contribution is -2.30. The van der Waals surface area contributed by atoms with E-state index in [0.717, 1.165) is 5.56 Å². The normalized spacial score (nSPS) is 10.0. The first-order valence-electron chi connectivity index (χ1n) is 6.39. The van der Waals surface area contributed by atoms with E-state index < -0.39 is 0 Å². The maximum Gasteiger partial charge on any atom is 0.320 e. The summed E-state index contributed by atoms with van der Waals surface area (Å²) >= 11 is 0. The number of anilines is 1. The minimum atomic E-state index is -0.329. The Morgan fingerprint density at radius 1 is 1.24 bits per heavy atom. The maximum atomic E-state index is 11.6. The van der Waals surface area contributed by atoms with Gasteiger partial charge >= 0.3 is 6.03 Å². The van der Waals surface area contributed by atoms with Crippen molar-refractivity contribution in [2.45, 2.75) is 6.42 Å². The van der Waals surface area contributed by atoms with Crippen LogP contribution < -0.4 is 20.1 Å².